The lowest BCUT2D eigenvalue weighted by atomic mass is 9.98. The summed E-state index contributed by atoms with van der Waals surface area (Å²) < 4.78 is 0. The zero-order chi connectivity index (χ0) is 13.3. The molecule has 0 aliphatic rings. The third-order valence-electron chi connectivity index (χ3n) is 3.83. The molecule has 0 aromatic carbocycles. The van der Waals surface area contributed by atoms with E-state index in [1.807, 2.05) is 0 Å². The Morgan fingerprint density at radius 3 is 2.06 bits per heavy atom. The fourth-order valence-electron chi connectivity index (χ4n) is 2.42. The molecule has 0 heterocycles. The molecule has 2 atom stereocenters. The highest BCUT2D eigenvalue weighted by molar-refractivity contribution is 4.82. The van der Waals surface area contributed by atoms with E-state index < -0.39 is 0 Å². The van der Waals surface area contributed by atoms with Gasteiger partial charge in [0.25, 0.3) is 0 Å². The molecule has 2 unspecified atom stereocenters. The molecule has 3 nitrogen and oxygen atoms in total. The van der Waals surface area contributed by atoms with Crippen LogP contribution in [0, 0.1) is 5.92 Å². The van der Waals surface area contributed by atoms with Gasteiger partial charge in [0.1, 0.15) is 0 Å². The summed E-state index contributed by atoms with van der Waals surface area (Å²) in [6.07, 6.45) is 4.48. The number of aliphatic hydroxyl groups is 1. The minimum atomic E-state index is 0.0966. The highest BCUT2D eigenvalue weighted by Gasteiger charge is 2.24. The van der Waals surface area contributed by atoms with Gasteiger partial charge in [0.2, 0.25) is 0 Å². The number of rotatable bonds is 10. The maximum atomic E-state index is 9.56. The number of hydrogen-bond acceptors (Lipinski definition) is 3. The van der Waals surface area contributed by atoms with E-state index in [0.29, 0.717) is 0 Å². The van der Waals surface area contributed by atoms with Gasteiger partial charge in [-0.05, 0) is 18.9 Å². The Morgan fingerprint density at radius 2 is 1.71 bits per heavy atom. The Morgan fingerprint density at radius 1 is 1.12 bits per heavy atom. The molecule has 0 rings (SSSR count). The second-order valence-corrected chi connectivity index (χ2v) is 4.97. The molecule has 3 N–H and O–H groups in total. The molecule has 0 aromatic rings. The summed E-state index contributed by atoms with van der Waals surface area (Å²) in [5.74, 6) is 0.720. The average molecular weight is 244 g/mol. The van der Waals surface area contributed by atoms with E-state index in [4.69, 9.17) is 5.73 Å². The van der Waals surface area contributed by atoms with Crippen molar-refractivity contribution in [1.82, 2.24) is 4.90 Å². The summed E-state index contributed by atoms with van der Waals surface area (Å²) in [6.45, 7) is 11.0. The highest BCUT2D eigenvalue weighted by atomic mass is 16.3. The first-order chi connectivity index (χ1) is 8.14. The van der Waals surface area contributed by atoms with E-state index in [9.17, 15) is 5.11 Å². The van der Waals surface area contributed by atoms with Crippen molar-refractivity contribution < 1.29 is 5.11 Å². The average Bonchev–Trinajstić information content (AvgIpc) is 2.34. The number of likely N-dealkylation sites (N-methyl/N-ethyl adjacent to an activating group) is 1. The van der Waals surface area contributed by atoms with Crippen LogP contribution in [0.25, 0.3) is 0 Å². The van der Waals surface area contributed by atoms with Crippen molar-refractivity contribution in [3.05, 3.63) is 0 Å². The quantitative estimate of drug-likeness (QED) is 0.619. The molecule has 0 saturated carbocycles. The van der Waals surface area contributed by atoms with Gasteiger partial charge in [0.15, 0.2) is 0 Å². The van der Waals surface area contributed by atoms with E-state index in [2.05, 4.69) is 32.6 Å². The summed E-state index contributed by atoms with van der Waals surface area (Å²) in [5, 5.41) is 9.56. The number of nitrogens with two attached hydrogens (primary N) is 1. The van der Waals surface area contributed by atoms with Crippen molar-refractivity contribution in [2.45, 2.75) is 65.5 Å². The van der Waals surface area contributed by atoms with Crippen LogP contribution in [0.2, 0.25) is 0 Å². The molecule has 0 bridgehead atoms. The second kappa shape index (κ2) is 9.86. The Labute approximate surface area is 107 Å². The first-order valence-electron chi connectivity index (χ1n) is 7.24. The van der Waals surface area contributed by atoms with Crippen molar-refractivity contribution in [3.8, 4) is 0 Å². The number of aliphatic hydroxyl groups excluding tert-OH is 1. The Hall–Kier alpha value is -0.120. The fraction of sp³-hybridized carbons (Fsp3) is 1.00. The molecule has 0 aromatic heterocycles. The van der Waals surface area contributed by atoms with Gasteiger partial charge in [-0.2, -0.15) is 0 Å². The zero-order valence-electron chi connectivity index (χ0n) is 12.2. The van der Waals surface area contributed by atoms with Crippen molar-refractivity contribution in [1.29, 1.82) is 0 Å². The minimum Gasteiger partial charge on any atom is -0.395 e. The lowest BCUT2D eigenvalue weighted by molar-refractivity contribution is 0.0897. The van der Waals surface area contributed by atoms with Gasteiger partial charge in [-0.15, -0.1) is 0 Å². The summed E-state index contributed by atoms with van der Waals surface area (Å²) in [7, 11) is 0. The van der Waals surface area contributed by atoms with E-state index in [-0.39, 0.29) is 18.7 Å². The van der Waals surface area contributed by atoms with Gasteiger partial charge in [-0.25, -0.2) is 0 Å². The van der Waals surface area contributed by atoms with Crippen molar-refractivity contribution in [2.24, 2.45) is 11.7 Å². The fourth-order valence-corrected chi connectivity index (χ4v) is 2.42. The molecular weight excluding hydrogens is 212 g/mol. The molecule has 0 saturated heterocycles. The Kier molecular flexibility index (Phi) is 9.79. The molecule has 0 radical (unpaired) electrons. The Bertz CT molecular complexity index is 172. The third-order valence-corrected chi connectivity index (χ3v) is 3.83. The van der Waals surface area contributed by atoms with Gasteiger partial charge in [-0.1, -0.05) is 47.0 Å². The van der Waals surface area contributed by atoms with Crippen LogP contribution in [-0.2, 0) is 0 Å². The zero-order valence-corrected chi connectivity index (χ0v) is 12.2. The SMILES string of the molecule is CCCC(N)C(CO)N(CC)CC(CC)CC. The number of hydrogen-bond donors (Lipinski definition) is 2. The largest absolute Gasteiger partial charge is 0.395 e. The van der Waals surface area contributed by atoms with Crippen LogP contribution in [0.15, 0.2) is 0 Å². The third kappa shape index (κ3) is 5.84. The van der Waals surface area contributed by atoms with E-state index >= 15 is 0 Å². The molecule has 0 aliphatic carbocycles. The van der Waals surface area contributed by atoms with Gasteiger partial charge in [-0.3, -0.25) is 4.90 Å². The number of nitrogens with zero attached hydrogens (tertiary/aromatic N) is 1. The van der Waals surface area contributed by atoms with Gasteiger partial charge < -0.3 is 10.8 Å². The van der Waals surface area contributed by atoms with Crippen LogP contribution in [0.5, 0.6) is 0 Å². The van der Waals surface area contributed by atoms with E-state index in [1.54, 1.807) is 0 Å². The van der Waals surface area contributed by atoms with Gasteiger partial charge in [0.05, 0.1) is 6.61 Å². The first-order valence-corrected chi connectivity index (χ1v) is 7.24. The predicted octanol–water partition coefficient (Wildman–Crippen LogP) is 2.23. The lowest BCUT2D eigenvalue weighted by Crippen LogP contribution is -2.51. The molecule has 0 spiro atoms. The summed E-state index contributed by atoms with van der Waals surface area (Å²) in [6, 6.07) is 0.222. The van der Waals surface area contributed by atoms with Crippen molar-refractivity contribution in [2.75, 3.05) is 19.7 Å². The minimum absolute atomic E-state index is 0.0966. The lowest BCUT2D eigenvalue weighted by Gasteiger charge is -2.35. The molecule has 0 aliphatic heterocycles. The van der Waals surface area contributed by atoms with E-state index in [1.165, 1.54) is 12.8 Å². The van der Waals surface area contributed by atoms with Crippen molar-refractivity contribution >= 4 is 0 Å². The molecule has 104 valence electrons. The van der Waals surface area contributed by atoms with Crippen LogP contribution in [0.4, 0.5) is 0 Å². The topological polar surface area (TPSA) is 49.5 Å². The maximum absolute atomic E-state index is 9.56. The molecule has 0 amide bonds. The molecule has 0 fully saturated rings. The smallest absolute Gasteiger partial charge is 0.0601 e. The van der Waals surface area contributed by atoms with Gasteiger partial charge in [0, 0.05) is 18.6 Å². The summed E-state index contributed by atoms with van der Waals surface area (Å²) >= 11 is 0. The standard InChI is InChI=1S/C14H32N2O/c1-5-9-13(15)14(11-17)16(8-4)10-12(6-2)7-3/h12-14,17H,5-11,15H2,1-4H3. The van der Waals surface area contributed by atoms with Crippen LogP contribution in [0.1, 0.15) is 53.4 Å². The van der Waals surface area contributed by atoms with Crippen LogP contribution < -0.4 is 5.73 Å². The first kappa shape index (κ1) is 16.9. The van der Waals surface area contributed by atoms with Crippen molar-refractivity contribution in [3.63, 3.8) is 0 Å². The molecule has 17 heavy (non-hydrogen) atoms. The molecular formula is C14H32N2O. The summed E-state index contributed by atoms with van der Waals surface area (Å²) in [4.78, 5) is 2.36. The Balaban J connectivity index is 4.46. The van der Waals surface area contributed by atoms with E-state index in [0.717, 1.165) is 31.8 Å². The normalized spacial score (nSPS) is 15.5. The molecule has 3 heteroatoms. The monoisotopic (exact) mass is 244 g/mol. The summed E-state index contributed by atoms with van der Waals surface area (Å²) in [5.41, 5.74) is 6.17. The highest BCUT2D eigenvalue weighted by Crippen LogP contribution is 2.14. The van der Waals surface area contributed by atoms with Crippen LogP contribution >= 0.6 is 0 Å². The van der Waals surface area contributed by atoms with Crippen LogP contribution in [-0.4, -0.2) is 41.8 Å². The second-order valence-electron chi connectivity index (χ2n) is 4.97. The maximum Gasteiger partial charge on any atom is 0.0601 e. The van der Waals surface area contributed by atoms with Crippen LogP contribution in [0.3, 0.4) is 0 Å². The predicted molar refractivity (Wildman–Crippen MR) is 75.1 cm³/mol. The van der Waals surface area contributed by atoms with Gasteiger partial charge >= 0.3 is 0 Å².